The van der Waals surface area contributed by atoms with Gasteiger partial charge in [0.15, 0.2) is 16.9 Å². The summed E-state index contributed by atoms with van der Waals surface area (Å²) in [5.41, 5.74) is 0.938. The number of carbonyl (C=O) groups excluding carboxylic acids is 1. The molecule has 1 unspecified atom stereocenters. The van der Waals surface area contributed by atoms with Gasteiger partial charge in [0.05, 0.1) is 23.6 Å². The van der Waals surface area contributed by atoms with Crippen LogP contribution in [0.5, 0.6) is 11.5 Å². The van der Waals surface area contributed by atoms with Gasteiger partial charge in [-0.3, -0.25) is 9.59 Å². The minimum Gasteiger partial charge on any atom is -0.504 e. The molecule has 0 radical (unpaired) electrons. The molecule has 1 N–H and O–H groups in total. The number of hydrogen-bond donors (Lipinski definition) is 1. The van der Waals surface area contributed by atoms with Crippen LogP contribution in [-0.2, 0) is 6.54 Å². The molecule has 1 aliphatic rings. The van der Waals surface area contributed by atoms with Crippen LogP contribution in [0, 0.1) is 5.82 Å². The first-order chi connectivity index (χ1) is 16.4. The Morgan fingerprint density at radius 3 is 2.68 bits per heavy atom. The van der Waals surface area contributed by atoms with E-state index in [1.807, 2.05) is 0 Å². The van der Waals surface area contributed by atoms with Gasteiger partial charge in [-0.1, -0.05) is 35.9 Å². The number of rotatable bonds is 5. The lowest BCUT2D eigenvalue weighted by atomic mass is 9.97. The first-order valence-corrected chi connectivity index (χ1v) is 11.0. The Labute approximate surface area is 198 Å². The molecule has 172 valence electrons. The van der Waals surface area contributed by atoms with Gasteiger partial charge in [-0.05, 0) is 54.4 Å². The maximum atomic E-state index is 13.9. The standard InChI is InChI=1S/C26H19ClFNO5/c1-2-33-21-11-14(7-9-19(21)30)23-22-24(31)17-12-16(28)8-10-20(17)34-25(22)26(32)29(23)13-15-5-3-4-6-18(15)27/h3-12,23,30H,2,13H2,1H3. The van der Waals surface area contributed by atoms with Crippen molar-refractivity contribution in [1.82, 2.24) is 4.90 Å². The average molecular weight is 480 g/mol. The Hall–Kier alpha value is -3.84. The summed E-state index contributed by atoms with van der Waals surface area (Å²) in [6.45, 7) is 2.19. The molecule has 8 heteroatoms. The van der Waals surface area contributed by atoms with Gasteiger partial charge in [-0.2, -0.15) is 0 Å². The van der Waals surface area contributed by atoms with Crippen LogP contribution >= 0.6 is 11.6 Å². The van der Waals surface area contributed by atoms with Crippen molar-refractivity contribution in [3.8, 4) is 11.5 Å². The van der Waals surface area contributed by atoms with E-state index in [4.69, 9.17) is 20.8 Å². The predicted octanol–water partition coefficient (Wildman–Crippen LogP) is 5.44. The van der Waals surface area contributed by atoms with Crippen LogP contribution in [-0.4, -0.2) is 22.5 Å². The highest BCUT2D eigenvalue weighted by Gasteiger charge is 2.43. The van der Waals surface area contributed by atoms with Crippen molar-refractivity contribution >= 4 is 28.5 Å². The molecule has 4 aromatic rings. The zero-order valence-corrected chi connectivity index (χ0v) is 18.8. The van der Waals surface area contributed by atoms with Crippen molar-refractivity contribution in [3.63, 3.8) is 0 Å². The highest BCUT2D eigenvalue weighted by atomic mass is 35.5. The van der Waals surface area contributed by atoms with Crippen LogP contribution in [0.15, 0.2) is 69.9 Å². The molecule has 0 bridgehead atoms. The van der Waals surface area contributed by atoms with Crippen LogP contribution in [0.2, 0.25) is 5.02 Å². The SMILES string of the molecule is CCOc1cc(C2c3c(oc4ccc(F)cc4c3=O)C(=O)N2Cc2ccccc2Cl)ccc1O. The van der Waals surface area contributed by atoms with Gasteiger partial charge in [0, 0.05) is 11.6 Å². The second kappa shape index (κ2) is 8.50. The van der Waals surface area contributed by atoms with E-state index in [0.29, 0.717) is 22.8 Å². The maximum absolute atomic E-state index is 13.9. The zero-order chi connectivity index (χ0) is 24.0. The highest BCUT2D eigenvalue weighted by molar-refractivity contribution is 6.31. The van der Waals surface area contributed by atoms with Gasteiger partial charge in [0.25, 0.3) is 5.91 Å². The fourth-order valence-electron chi connectivity index (χ4n) is 4.28. The lowest BCUT2D eigenvalue weighted by Gasteiger charge is -2.26. The van der Waals surface area contributed by atoms with E-state index in [2.05, 4.69) is 0 Å². The Morgan fingerprint density at radius 2 is 1.91 bits per heavy atom. The number of hydrogen-bond acceptors (Lipinski definition) is 5. The lowest BCUT2D eigenvalue weighted by molar-refractivity contribution is 0.0714. The van der Waals surface area contributed by atoms with Crippen LogP contribution in [0.1, 0.15) is 40.2 Å². The van der Waals surface area contributed by atoms with Gasteiger partial charge < -0.3 is 19.2 Å². The molecule has 0 saturated carbocycles. The molecule has 1 aliphatic heterocycles. The van der Waals surface area contributed by atoms with Crippen molar-refractivity contribution in [1.29, 1.82) is 0 Å². The quantitative estimate of drug-likeness (QED) is 0.412. The van der Waals surface area contributed by atoms with Crippen molar-refractivity contribution in [2.24, 2.45) is 0 Å². The molecular formula is C26H19ClFNO5. The molecule has 1 amide bonds. The Balaban J connectivity index is 1.74. The van der Waals surface area contributed by atoms with Gasteiger partial charge >= 0.3 is 0 Å². The van der Waals surface area contributed by atoms with Gasteiger partial charge in [0.2, 0.25) is 5.76 Å². The van der Waals surface area contributed by atoms with Crippen molar-refractivity contribution in [2.75, 3.05) is 6.61 Å². The number of carbonyl (C=O) groups is 1. The number of halogens is 2. The molecule has 0 aliphatic carbocycles. The van der Waals surface area contributed by atoms with Crippen molar-refractivity contribution in [2.45, 2.75) is 19.5 Å². The molecule has 6 nitrogen and oxygen atoms in total. The van der Waals surface area contributed by atoms with E-state index in [-0.39, 0.29) is 40.3 Å². The van der Waals surface area contributed by atoms with E-state index >= 15 is 0 Å². The Bertz CT molecular complexity index is 1500. The van der Waals surface area contributed by atoms with E-state index in [9.17, 15) is 19.1 Å². The Kier molecular flexibility index (Phi) is 5.49. The predicted molar refractivity (Wildman–Crippen MR) is 125 cm³/mol. The topological polar surface area (TPSA) is 80.0 Å². The van der Waals surface area contributed by atoms with Gasteiger partial charge in [-0.15, -0.1) is 0 Å². The Morgan fingerprint density at radius 1 is 1.12 bits per heavy atom. The number of fused-ring (bicyclic) bond motifs is 2. The number of nitrogens with zero attached hydrogens (tertiary/aromatic N) is 1. The summed E-state index contributed by atoms with van der Waals surface area (Å²) < 4.78 is 25.3. The number of phenolic OH excluding ortho intramolecular Hbond substituents is 1. The summed E-state index contributed by atoms with van der Waals surface area (Å²) >= 11 is 6.36. The summed E-state index contributed by atoms with van der Waals surface area (Å²) in [7, 11) is 0. The summed E-state index contributed by atoms with van der Waals surface area (Å²) in [5.74, 6) is -1.03. The first kappa shape index (κ1) is 22.0. The summed E-state index contributed by atoms with van der Waals surface area (Å²) in [6.07, 6.45) is 0. The molecule has 0 saturated heterocycles. The molecule has 2 heterocycles. The summed E-state index contributed by atoms with van der Waals surface area (Å²) in [5, 5.41) is 10.7. The van der Waals surface area contributed by atoms with Crippen LogP contribution < -0.4 is 10.2 Å². The number of benzene rings is 3. The number of aromatic hydroxyl groups is 1. The molecule has 5 rings (SSSR count). The monoisotopic (exact) mass is 479 g/mol. The normalized spacial score (nSPS) is 15.1. The fourth-order valence-corrected chi connectivity index (χ4v) is 4.48. The van der Waals surface area contributed by atoms with Crippen molar-refractivity contribution < 1.29 is 23.4 Å². The third-order valence-electron chi connectivity index (χ3n) is 5.83. The van der Waals surface area contributed by atoms with Gasteiger partial charge in [0.1, 0.15) is 11.4 Å². The molecule has 34 heavy (non-hydrogen) atoms. The number of amides is 1. The van der Waals surface area contributed by atoms with Crippen LogP contribution in [0.4, 0.5) is 4.39 Å². The van der Waals surface area contributed by atoms with Crippen molar-refractivity contribution in [3.05, 3.63) is 104 Å². The smallest absolute Gasteiger partial charge is 0.291 e. The van der Waals surface area contributed by atoms with E-state index in [1.54, 1.807) is 43.3 Å². The average Bonchev–Trinajstić information content (AvgIpc) is 3.09. The van der Waals surface area contributed by atoms with E-state index in [0.717, 1.165) is 6.07 Å². The molecule has 0 fully saturated rings. The molecule has 1 atom stereocenters. The highest BCUT2D eigenvalue weighted by Crippen LogP contribution is 2.42. The minimum absolute atomic E-state index is 0.0416. The molecule has 1 aromatic heterocycles. The first-order valence-electron chi connectivity index (χ1n) is 10.7. The molecule has 0 spiro atoms. The largest absolute Gasteiger partial charge is 0.504 e. The molecule has 3 aromatic carbocycles. The molecular weight excluding hydrogens is 461 g/mol. The zero-order valence-electron chi connectivity index (χ0n) is 18.0. The van der Waals surface area contributed by atoms with Crippen LogP contribution in [0.3, 0.4) is 0 Å². The fraction of sp³-hybridized carbons (Fsp3) is 0.154. The second-order valence-corrected chi connectivity index (χ2v) is 8.31. The van der Waals surface area contributed by atoms with Gasteiger partial charge in [-0.25, -0.2) is 4.39 Å². The summed E-state index contributed by atoms with van der Waals surface area (Å²) in [6, 6.07) is 14.5. The number of ether oxygens (including phenoxy) is 1. The number of phenols is 1. The van der Waals surface area contributed by atoms with Crippen LogP contribution in [0.25, 0.3) is 11.0 Å². The third kappa shape index (κ3) is 3.58. The lowest BCUT2D eigenvalue weighted by Crippen LogP contribution is -2.29. The maximum Gasteiger partial charge on any atom is 0.291 e. The summed E-state index contributed by atoms with van der Waals surface area (Å²) in [4.78, 5) is 28.5. The minimum atomic E-state index is -0.859. The third-order valence-corrected chi connectivity index (χ3v) is 6.19. The second-order valence-electron chi connectivity index (χ2n) is 7.90. The van der Waals surface area contributed by atoms with E-state index in [1.165, 1.54) is 23.1 Å². The van der Waals surface area contributed by atoms with E-state index < -0.39 is 23.2 Å².